The molecule has 2 rings (SSSR count). The number of ether oxygens (including phenoxy) is 1. The number of carbonyl (C=O) groups excluding carboxylic acids is 3. The third-order valence-electron chi connectivity index (χ3n) is 4.62. The van der Waals surface area contributed by atoms with Gasteiger partial charge in [-0.2, -0.15) is 0 Å². The second-order valence-corrected chi connectivity index (χ2v) is 7.34. The maximum absolute atomic E-state index is 12.4. The van der Waals surface area contributed by atoms with E-state index < -0.39 is 12.0 Å². The highest BCUT2D eigenvalue weighted by Crippen LogP contribution is 2.10. The lowest BCUT2D eigenvalue weighted by atomic mass is 10.0. The summed E-state index contributed by atoms with van der Waals surface area (Å²) in [6.07, 6.45) is 1.83. The van der Waals surface area contributed by atoms with E-state index in [-0.39, 0.29) is 17.7 Å². The Labute approximate surface area is 177 Å². The highest BCUT2D eigenvalue weighted by molar-refractivity contribution is 5.97. The third-order valence-corrected chi connectivity index (χ3v) is 4.62. The van der Waals surface area contributed by atoms with Crippen molar-refractivity contribution in [2.45, 2.75) is 33.4 Å². The van der Waals surface area contributed by atoms with Gasteiger partial charge in [0.1, 0.15) is 6.04 Å². The van der Waals surface area contributed by atoms with Crippen molar-refractivity contribution in [3.63, 3.8) is 0 Å². The molecule has 0 bridgehead atoms. The van der Waals surface area contributed by atoms with Gasteiger partial charge in [-0.25, -0.2) is 4.79 Å². The van der Waals surface area contributed by atoms with Gasteiger partial charge in [-0.05, 0) is 42.2 Å². The lowest BCUT2D eigenvalue weighted by molar-refractivity contribution is -0.144. The molecule has 0 heterocycles. The summed E-state index contributed by atoms with van der Waals surface area (Å²) in [6.45, 7) is 5.78. The summed E-state index contributed by atoms with van der Waals surface area (Å²) in [7, 11) is 1.30. The smallest absolute Gasteiger partial charge is 0.328 e. The molecule has 2 amide bonds. The second-order valence-electron chi connectivity index (χ2n) is 7.34. The van der Waals surface area contributed by atoms with E-state index in [1.807, 2.05) is 50.3 Å². The Morgan fingerprint density at radius 1 is 1.00 bits per heavy atom. The van der Waals surface area contributed by atoms with E-state index in [1.54, 1.807) is 31.2 Å². The van der Waals surface area contributed by atoms with Crippen LogP contribution in [0.5, 0.6) is 0 Å². The van der Waals surface area contributed by atoms with Gasteiger partial charge >= 0.3 is 5.97 Å². The van der Waals surface area contributed by atoms with Crippen LogP contribution in [-0.4, -0.2) is 30.9 Å². The Balaban J connectivity index is 1.94. The maximum atomic E-state index is 12.4. The van der Waals surface area contributed by atoms with Gasteiger partial charge in [0.05, 0.1) is 7.11 Å². The standard InChI is InChI=1S/C24H28N2O4/c1-16(2)21(24(29)30-4)26-23(28)20-12-10-19(11-13-20)15-25-22(27)17(3)14-18-8-6-5-7-9-18/h5-14,16,21H,15H2,1-4H3,(H,25,27)(H,26,28)/t21-/m0/s1. The van der Waals surface area contributed by atoms with Gasteiger partial charge in [0.2, 0.25) is 5.91 Å². The zero-order valence-corrected chi connectivity index (χ0v) is 17.8. The minimum absolute atomic E-state index is 0.0944. The first-order chi connectivity index (χ1) is 14.3. The van der Waals surface area contributed by atoms with E-state index in [2.05, 4.69) is 10.6 Å². The number of hydrogen-bond acceptors (Lipinski definition) is 4. The fraction of sp³-hybridized carbons (Fsp3) is 0.292. The van der Waals surface area contributed by atoms with Crippen molar-refractivity contribution in [1.82, 2.24) is 10.6 Å². The molecule has 0 radical (unpaired) electrons. The number of amides is 2. The first-order valence-corrected chi connectivity index (χ1v) is 9.81. The average molecular weight is 408 g/mol. The van der Waals surface area contributed by atoms with Crippen molar-refractivity contribution >= 4 is 23.9 Å². The topological polar surface area (TPSA) is 84.5 Å². The molecule has 2 N–H and O–H groups in total. The highest BCUT2D eigenvalue weighted by Gasteiger charge is 2.25. The Kier molecular flexibility index (Phi) is 8.35. The van der Waals surface area contributed by atoms with E-state index in [1.165, 1.54) is 7.11 Å². The first-order valence-electron chi connectivity index (χ1n) is 9.81. The Morgan fingerprint density at radius 2 is 1.63 bits per heavy atom. The SMILES string of the molecule is COC(=O)[C@@H](NC(=O)c1ccc(CNC(=O)C(C)=Cc2ccccc2)cc1)C(C)C. The molecule has 0 aliphatic heterocycles. The number of carbonyl (C=O) groups is 3. The van der Waals surface area contributed by atoms with Crippen molar-refractivity contribution in [2.24, 2.45) is 5.92 Å². The highest BCUT2D eigenvalue weighted by atomic mass is 16.5. The van der Waals surface area contributed by atoms with Crippen LogP contribution < -0.4 is 10.6 Å². The van der Waals surface area contributed by atoms with Gasteiger partial charge in [-0.1, -0.05) is 56.3 Å². The minimum atomic E-state index is -0.708. The van der Waals surface area contributed by atoms with Crippen LogP contribution in [0.4, 0.5) is 0 Å². The maximum Gasteiger partial charge on any atom is 0.328 e. The molecule has 30 heavy (non-hydrogen) atoms. The normalized spacial score (nSPS) is 12.2. The predicted molar refractivity (Wildman–Crippen MR) is 116 cm³/mol. The van der Waals surface area contributed by atoms with Gasteiger partial charge in [0.25, 0.3) is 5.91 Å². The zero-order chi connectivity index (χ0) is 22.1. The monoisotopic (exact) mass is 408 g/mol. The molecule has 0 saturated heterocycles. The zero-order valence-electron chi connectivity index (χ0n) is 17.8. The van der Waals surface area contributed by atoms with Crippen molar-refractivity contribution in [3.05, 3.63) is 76.9 Å². The fourth-order valence-electron chi connectivity index (χ4n) is 2.81. The number of esters is 1. The molecule has 1 atom stereocenters. The number of methoxy groups -OCH3 is 1. The van der Waals surface area contributed by atoms with Gasteiger partial charge in [0.15, 0.2) is 0 Å². The van der Waals surface area contributed by atoms with E-state index in [9.17, 15) is 14.4 Å². The molecule has 0 saturated carbocycles. The molecule has 0 aromatic heterocycles. The van der Waals surface area contributed by atoms with Crippen LogP contribution in [0.15, 0.2) is 60.2 Å². The van der Waals surface area contributed by atoms with Crippen molar-refractivity contribution in [2.75, 3.05) is 7.11 Å². The third kappa shape index (κ3) is 6.58. The molecule has 0 fully saturated rings. The average Bonchev–Trinajstić information content (AvgIpc) is 2.75. The van der Waals surface area contributed by atoms with Crippen LogP contribution in [0.1, 0.15) is 42.3 Å². The van der Waals surface area contributed by atoms with Crippen LogP contribution in [-0.2, 0) is 20.9 Å². The summed E-state index contributed by atoms with van der Waals surface area (Å²) >= 11 is 0. The van der Waals surface area contributed by atoms with Crippen LogP contribution >= 0.6 is 0 Å². The predicted octanol–water partition coefficient (Wildman–Crippen LogP) is 3.33. The van der Waals surface area contributed by atoms with Crippen LogP contribution in [0.25, 0.3) is 6.08 Å². The molecule has 2 aromatic rings. The largest absolute Gasteiger partial charge is 0.467 e. The van der Waals surface area contributed by atoms with E-state index >= 15 is 0 Å². The molecular formula is C24H28N2O4. The lowest BCUT2D eigenvalue weighted by Gasteiger charge is -2.19. The summed E-state index contributed by atoms with van der Waals surface area (Å²) in [6, 6.07) is 15.8. The van der Waals surface area contributed by atoms with Crippen molar-refractivity contribution in [1.29, 1.82) is 0 Å². The number of hydrogen-bond donors (Lipinski definition) is 2. The molecule has 6 nitrogen and oxygen atoms in total. The molecule has 0 aliphatic rings. The Hall–Kier alpha value is -3.41. The molecule has 158 valence electrons. The fourth-order valence-corrected chi connectivity index (χ4v) is 2.81. The van der Waals surface area contributed by atoms with Crippen LogP contribution in [0.3, 0.4) is 0 Å². The molecule has 2 aromatic carbocycles. The summed E-state index contributed by atoms with van der Waals surface area (Å²) < 4.78 is 4.74. The van der Waals surface area contributed by atoms with Crippen LogP contribution in [0.2, 0.25) is 0 Å². The minimum Gasteiger partial charge on any atom is -0.467 e. The summed E-state index contributed by atoms with van der Waals surface area (Å²) in [5.41, 5.74) is 2.87. The summed E-state index contributed by atoms with van der Waals surface area (Å²) in [5.74, 6) is -1.07. The number of benzene rings is 2. The van der Waals surface area contributed by atoms with Gasteiger partial charge in [-0.15, -0.1) is 0 Å². The van der Waals surface area contributed by atoms with Gasteiger partial charge < -0.3 is 15.4 Å². The molecule has 0 spiro atoms. The van der Waals surface area contributed by atoms with E-state index in [0.29, 0.717) is 17.7 Å². The summed E-state index contributed by atoms with van der Waals surface area (Å²) in [4.78, 5) is 36.5. The second kappa shape index (κ2) is 11.0. The van der Waals surface area contributed by atoms with Crippen molar-refractivity contribution in [3.8, 4) is 0 Å². The van der Waals surface area contributed by atoms with Gasteiger partial charge in [-0.3, -0.25) is 9.59 Å². The Bertz CT molecular complexity index is 903. The van der Waals surface area contributed by atoms with E-state index in [0.717, 1.165) is 11.1 Å². The molecule has 0 unspecified atom stereocenters. The molecule has 0 aliphatic carbocycles. The quantitative estimate of drug-likeness (QED) is 0.518. The first kappa shape index (κ1) is 22.9. The van der Waals surface area contributed by atoms with Crippen LogP contribution in [0, 0.1) is 5.92 Å². The summed E-state index contributed by atoms with van der Waals surface area (Å²) in [5, 5.41) is 5.57. The number of rotatable bonds is 8. The van der Waals surface area contributed by atoms with E-state index in [4.69, 9.17) is 4.74 Å². The lowest BCUT2D eigenvalue weighted by Crippen LogP contribution is -2.45. The van der Waals surface area contributed by atoms with Gasteiger partial charge in [0, 0.05) is 17.7 Å². The molecular weight excluding hydrogens is 380 g/mol. The van der Waals surface area contributed by atoms with Crippen molar-refractivity contribution < 1.29 is 19.1 Å². The number of nitrogens with one attached hydrogen (secondary N) is 2. The molecule has 6 heteroatoms. The Morgan fingerprint density at radius 3 is 2.20 bits per heavy atom.